The molecule has 3 aromatic rings. The van der Waals surface area contributed by atoms with E-state index < -0.39 is 0 Å². The first-order valence-corrected chi connectivity index (χ1v) is 9.90. The van der Waals surface area contributed by atoms with E-state index in [0.717, 1.165) is 37.2 Å². The van der Waals surface area contributed by atoms with Crippen LogP contribution in [-0.2, 0) is 6.42 Å². The number of rotatable bonds is 4. The summed E-state index contributed by atoms with van der Waals surface area (Å²) in [6.07, 6.45) is 4.58. The third kappa shape index (κ3) is 4.14. The number of carbonyl (C=O) groups excluding carboxylic acids is 1. The van der Waals surface area contributed by atoms with Gasteiger partial charge in [-0.2, -0.15) is 5.10 Å². The fraction of sp³-hybridized carbons (Fsp3) is 0.348. The van der Waals surface area contributed by atoms with E-state index in [-0.39, 0.29) is 11.8 Å². The number of pyridine rings is 1. The summed E-state index contributed by atoms with van der Waals surface area (Å²) in [6.45, 7) is 5.67. The maximum Gasteiger partial charge on any atom is 0.271 e. The number of hydrogen-bond donors (Lipinski definition) is 1. The molecule has 0 unspecified atom stereocenters. The van der Waals surface area contributed by atoms with E-state index in [1.807, 2.05) is 4.90 Å². The lowest BCUT2D eigenvalue weighted by molar-refractivity contribution is 0.0700. The molecule has 1 atom stereocenters. The zero-order valence-electron chi connectivity index (χ0n) is 16.5. The van der Waals surface area contributed by atoms with E-state index in [2.05, 4.69) is 60.4 Å². The van der Waals surface area contributed by atoms with Crippen molar-refractivity contribution >= 4 is 5.91 Å². The molecule has 28 heavy (non-hydrogen) atoms. The quantitative estimate of drug-likeness (QED) is 0.750. The summed E-state index contributed by atoms with van der Waals surface area (Å²) < 4.78 is 0. The van der Waals surface area contributed by atoms with E-state index in [1.165, 1.54) is 16.7 Å². The molecule has 4 rings (SSSR count). The van der Waals surface area contributed by atoms with Crippen molar-refractivity contribution in [1.29, 1.82) is 0 Å². The summed E-state index contributed by atoms with van der Waals surface area (Å²) in [6, 6.07) is 14.8. The van der Waals surface area contributed by atoms with Gasteiger partial charge in [0.1, 0.15) is 5.69 Å². The Bertz CT molecular complexity index is 964. The SMILES string of the molecule is Cc1cccc(Cc2cc(C)nc([C@H]3CCCN(C(=O)c4ccn[nH]4)C3)c2)c1. The second-order valence-electron chi connectivity index (χ2n) is 7.77. The minimum absolute atomic E-state index is 0.0230. The zero-order valence-corrected chi connectivity index (χ0v) is 16.5. The van der Waals surface area contributed by atoms with Gasteiger partial charge in [0.05, 0.1) is 0 Å². The standard InChI is InChI=1S/C23H26N4O/c1-16-5-3-6-18(11-16)13-19-12-17(2)25-22(14-19)20-7-4-10-27(15-20)23(28)21-8-9-24-26-21/h3,5-6,8-9,11-12,14,20H,4,7,10,13,15H2,1-2H3,(H,24,26)/t20-/m0/s1. The van der Waals surface area contributed by atoms with Crippen molar-refractivity contribution in [2.45, 2.75) is 39.0 Å². The molecule has 1 saturated heterocycles. The molecule has 1 aliphatic heterocycles. The summed E-state index contributed by atoms with van der Waals surface area (Å²) in [7, 11) is 0. The summed E-state index contributed by atoms with van der Waals surface area (Å²) in [5, 5.41) is 6.68. The molecule has 0 radical (unpaired) electrons. The smallest absolute Gasteiger partial charge is 0.271 e. The number of nitrogens with zero attached hydrogens (tertiary/aromatic N) is 3. The van der Waals surface area contributed by atoms with Crippen molar-refractivity contribution in [2.24, 2.45) is 0 Å². The normalized spacial score (nSPS) is 16.9. The minimum atomic E-state index is 0.0230. The first kappa shape index (κ1) is 18.4. The summed E-state index contributed by atoms with van der Waals surface area (Å²) in [5.74, 6) is 0.298. The number of carbonyl (C=O) groups is 1. The van der Waals surface area contributed by atoms with Crippen molar-refractivity contribution in [3.8, 4) is 0 Å². The maximum absolute atomic E-state index is 12.7. The highest BCUT2D eigenvalue weighted by Crippen LogP contribution is 2.28. The Kier molecular flexibility index (Phi) is 5.24. The van der Waals surface area contributed by atoms with Crippen LogP contribution in [0.25, 0.3) is 0 Å². The molecule has 0 spiro atoms. The molecule has 5 nitrogen and oxygen atoms in total. The van der Waals surface area contributed by atoms with Gasteiger partial charge in [0.15, 0.2) is 0 Å². The fourth-order valence-electron chi connectivity index (χ4n) is 4.09. The molecule has 0 saturated carbocycles. The number of aromatic nitrogens is 3. The van der Waals surface area contributed by atoms with Crippen molar-refractivity contribution < 1.29 is 4.79 Å². The van der Waals surface area contributed by atoms with Crippen molar-refractivity contribution in [3.63, 3.8) is 0 Å². The Morgan fingerprint density at radius 2 is 2.07 bits per heavy atom. The number of likely N-dealkylation sites (tertiary alicyclic amines) is 1. The van der Waals surface area contributed by atoms with E-state index >= 15 is 0 Å². The van der Waals surface area contributed by atoms with Gasteiger partial charge in [-0.15, -0.1) is 0 Å². The Labute approximate surface area is 165 Å². The van der Waals surface area contributed by atoms with Crippen LogP contribution in [0.4, 0.5) is 0 Å². The molecule has 1 aliphatic rings. The second-order valence-corrected chi connectivity index (χ2v) is 7.77. The molecule has 1 fully saturated rings. The molecule has 0 aliphatic carbocycles. The van der Waals surface area contributed by atoms with Crippen molar-refractivity contribution in [2.75, 3.05) is 13.1 Å². The van der Waals surface area contributed by atoms with E-state index in [9.17, 15) is 4.79 Å². The first-order chi connectivity index (χ1) is 13.6. The number of benzene rings is 1. The average molecular weight is 374 g/mol. The third-order valence-electron chi connectivity index (χ3n) is 5.38. The van der Waals surface area contributed by atoms with Crippen molar-refractivity contribution in [1.82, 2.24) is 20.1 Å². The lowest BCUT2D eigenvalue weighted by atomic mass is 9.92. The Balaban J connectivity index is 1.53. The molecule has 1 amide bonds. The number of aromatic amines is 1. The Hall–Kier alpha value is -2.95. The average Bonchev–Trinajstić information content (AvgIpc) is 3.22. The summed E-state index contributed by atoms with van der Waals surface area (Å²) >= 11 is 0. The number of aryl methyl sites for hydroxylation is 2. The monoisotopic (exact) mass is 374 g/mol. The van der Waals surface area contributed by atoms with Crippen LogP contribution in [0.15, 0.2) is 48.7 Å². The van der Waals surface area contributed by atoms with Crippen LogP contribution < -0.4 is 0 Å². The molecule has 1 N–H and O–H groups in total. The largest absolute Gasteiger partial charge is 0.337 e. The number of H-pyrrole nitrogens is 1. The predicted octanol–water partition coefficient (Wildman–Crippen LogP) is 4.03. The van der Waals surface area contributed by atoms with E-state index in [4.69, 9.17) is 4.98 Å². The number of piperidine rings is 1. The minimum Gasteiger partial charge on any atom is -0.337 e. The number of nitrogens with one attached hydrogen (secondary N) is 1. The van der Waals surface area contributed by atoms with Gasteiger partial charge in [0.2, 0.25) is 0 Å². The van der Waals surface area contributed by atoms with Crippen LogP contribution in [0.5, 0.6) is 0 Å². The molecular formula is C23H26N4O. The summed E-state index contributed by atoms with van der Waals surface area (Å²) in [5.41, 5.74) is 6.57. The van der Waals surface area contributed by atoms with Gasteiger partial charge in [-0.3, -0.25) is 14.9 Å². The van der Waals surface area contributed by atoms with Gasteiger partial charge in [-0.25, -0.2) is 0 Å². The van der Waals surface area contributed by atoms with E-state index in [0.29, 0.717) is 12.2 Å². The molecule has 5 heteroatoms. The van der Waals surface area contributed by atoms with Crippen LogP contribution >= 0.6 is 0 Å². The third-order valence-corrected chi connectivity index (χ3v) is 5.38. The molecular weight excluding hydrogens is 348 g/mol. The summed E-state index contributed by atoms with van der Waals surface area (Å²) in [4.78, 5) is 19.4. The maximum atomic E-state index is 12.7. The number of hydrogen-bond acceptors (Lipinski definition) is 3. The predicted molar refractivity (Wildman–Crippen MR) is 109 cm³/mol. The van der Waals surface area contributed by atoms with Gasteiger partial charge in [-0.1, -0.05) is 29.8 Å². The molecule has 3 heterocycles. The van der Waals surface area contributed by atoms with Gasteiger partial charge >= 0.3 is 0 Å². The Morgan fingerprint density at radius 3 is 2.86 bits per heavy atom. The van der Waals surface area contributed by atoms with Gasteiger partial charge in [-0.05, 0) is 62.4 Å². The first-order valence-electron chi connectivity index (χ1n) is 9.90. The number of amides is 1. The van der Waals surface area contributed by atoms with Crippen LogP contribution in [0, 0.1) is 13.8 Å². The van der Waals surface area contributed by atoms with Gasteiger partial charge in [0, 0.05) is 36.6 Å². The molecule has 144 valence electrons. The highest BCUT2D eigenvalue weighted by molar-refractivity contribution is 5.92. The fourth-order valence-corrected chi connectivity index (χ4v) is 4.09. The topological polar surface area (TPSA) is 61.9 Å². The van der Waals surface area contributed by atoms with Crippen LogP contribution in [0.2, 0.25) is 0 Å². The van der Waals surface area contributed by atoms with Crippen molar-refractivity contribution in [3.05, 3.63) is 82.4 Å². The van der Waals surface area contributed by atoms with Crippen LogP contribution in [0.3, 0.4) is 0 Å². The lowest BCUT2D eigenvalue weighted by Crippen LogP contribution is -2.39. The highest BCUT2D eigenvalue weighted by atomic mass is 16.2. The molecule has 1 aromatic carbocycles. The lowest BCUT2D eigenvalue weighted by Gasteiger charge is -2.32. The highest BCUT2D eigenvalue weighted by Gasteiger charge is 2.27. The molecule has 0 bridgehead atoms. The molecule has 2 aromatic heterocycles. The van der Waals surface area contributed by atoms with Gasteiger partial charge in [0.25, 0.3) is 5.91 Å². The second kappa shape index (κ2) is 7.97. The zero-order chi connectivity index (χ0) is 19.5. The van der Waals surface area contributed by atoms with E-state index in [1.54, 1.807) is 12.3 Å². The van der Waals surface area contributed by atoms with Crippen LogP contribution in [-0.4, -0.2) is 39.1 Å². The Morgan fingerprint density at radius 1 is 1.18 bits per heavy atom. The van der Waals surface area contributed by atoms with Crippen LogP contribution in [0.1, 0.15) is 57.3 Å². The van der Waals surface area contributed by atoms with Gasteiger partial charge < -0.3 is 4.90 Å².